The van der Waals surface area contributed by atoms with Crippen molar-refractivity contribution in [2.75, 3.05) is 0 Å². The summed E-state index contributed by atoms with van der Waals surface area (Å²) >= 11 is 7.63. The molecule has 88 valence electrons. The van der Waals surface area contributed by atoms with Gasteiger partial charge in [-0.25, -0.2) is 9.97 Å². The highest BCUT2D eigenvalue weighted by Crippen LogP contribution is 2.30. The minimum Gasteiger partial charge on any atom is -0.324 e. The number of benzene rings is 1. The molecular formula is C12H12ClN3S. The summed E-state index contributed by atoms with van der Waals surface area (Å²) in [5.74, 6) is 0. The van der Waals surface area contributed by atoms with E-state index < -0.39 is 0 Å². The molecule has 1 aromatic carbocycles. The molecule has 0 saturated carbocycles. The van der Waals surface area contributed by atoms with Crippen LogP contribution >= 0.6 is 23.4 Å². The summed E-state index contributed by atoms with van der Waals surface area (Å²) in [5.41, 5.74) is 6.75. The SMILES string of the molecule is CC(N)c1ccc(Sc2ncccn2)cc1Cl. The average molecular weight is 266 g/mol. The number of nitrogens with two attached hydrogens (primary N) is 1. The summed E-state index contributed by atoms with van der Waals surface area (Å²) < 4.78 is 0. The van der Waals surface area contributed by atoms with Gasteiger partial charge in [0.05, 0.1) is 0 Å². The molecule has 1 heterocycles. The van der Waals surface area contributed by atoms with Crippen molar-refractivity contribution < 1.29 is 0 Å². The maximum Gasteiger partial charge on any atom is 0.192 e. The first-order valence-electron chi connectivity index (χ1n) is 5.16. The molecule has 0 aliphatic rings. The second-order valence-corrected chi connectivity index (χ2v) is 5.05. The molecule has 0 spiro atoms. The zero-order valence-corrected chi connectivity index (χ0v) is 10.9. The van der Waals surface area contributed by atoms with Gasteiger partial charge in [0.15, 0.2) is 5.16 Å². The van der Waals surface area contributed by atoms with Crippen LogP contribution in [0.15, 0.2) is 46.7 Å². The third-order valence-corrected chi connectivity index (χ3v) is 3.42. The monoisotopic (exact) mass is 265 g/mol. The molecular weight excluding hydrogens is 254 g/mol. The number of hydrogen-bond acceptors (Lipinski definition) is 4. The lowest BCUT2D eigenvalue weighted by molar-refractivity contribution is 0.817. The van der Waals surface area contributed by atoms with E-state index in [2.05, 4.69) is 9.97 Å². The zero-order valence-electron chi connectivity index (χ0n) is 9.30. The Balaban J connectivity index is 2.21. The second-order valence-electron chi connectivity index (χ2n) is 3.61. The maximum atomic E-state index is 6.16. The molecule has 0 saturated heterocycles. The molecule has 1 unspecified atom stereocenters. The van der Waals surface area contributed by atoms with E-state index in [0.29, 0.717) is 10.2 Å². The van der Waals surface area contributed by atoms with Crippen molar-refractivity contribution in [3.63, 3.8) is 0 Å². The van der Waals surface area contributed by atoms with Gasteiger partial charge in [-0.2, -0.15) is 0 Å². The summed E-state index contributed by atoms with van der Waals surface area (Å²) in [6.45, 7) is 1.91. The minimum atomic E-state index is -0.0606. The quantitative estimate of drug-likeness (QED) is 0.865. The molecule has 17 heavy (non-hydrogen) atoms. The Hall–Kier alpha value is -1.10. The summed E-state index contributed by atoms with van der Waals surface area (Å²) in [6.07, 6.45) is 3.43. The Bertz CT molecular complexity index is 502. The van der Waals surface area contributed by atoms with Gasteiger partial charge >= 0.3 is 0 Å². The molecule has 0 radical (unpaired) electrons. The molecule has 2 aromatic rings. The molecule has 0 amide bonds. The highest BCUT2D eigenvalue weighted by atomic mass is 35.5. The molecule has 2 N–H and O–H groups in total. The zero-order chi connectivity index (χ0) is 12.3. The fraction of sp³-hybridized carbons (Fsp3) is 0.167. The Labute approximate surface area is 109 Å². The van der Waals surface area contributed by atoms with Gasteiger partial charge in [0.25, 0.3) is 0 Å². The third-order valence-electron chi connectivity index (χ3n) is 2.21. The predicted octanol–water partition coefficient (Wildman–Crippen LogP) is 3.30. The third kappa shape index (κ3) is 3.19. The second kappa shape index (κ2) is 5.49. The van der Waals surface area contributed by atoms with Crippen LogP contribution in [0.5, 0.6) is 0 Å². The predicted molar refractivity (Wildman–Crippen MR) is 70.2 cm³/mol. The van der Waals surface area contributed by atoms with E-state index in [0.717, 1.165) is 10.5 Å². The van der Waals surface area contributed by atoms with Gasteiger partial charge in [0.1, 0.15) is 0 Å². The van der Waals surface area contributed by atoms with Crippen LogP contribution in [-0.2, 0) is 0 Å². The highest BCUT2D eigenvalue weighted by molar-refractivity contribution is 7.99. The maximum absolute atomic E-state index is 6.16. The first-order chi connectivity index (χ1) is 8.16. The fourth-order valence-electron chi connectivity index (χ4n) is 1.38. The Morgan fingerprint density at radius 3 is 2.59 bits per heavy atom. The van der Waals surface area contributed by atoms with E-state index in [1.807, 2.05) is 25.1 Å². The molecule has 1 atom stereocenters. The molecule has 0 aliphatic heterocycles. The van der Waals surface area contributed by atoms with E-state index in [4.69, 9.17) is 17.3 Å². The normalized spacial score (nSPS) is 12.4. The Kier molecular flexibility index (Phi) is 3.99. The minimum absolute atomic E-state index is 0.0606. The lowest BCUT2D eigenvalue weighted by Gasteiger charge is -2.09. The first kappa shape index (κ1) is 12.4. The van der Waals surface area contributed by atoms with Gasteiger partial charge in [0, 0.05) is 28.4 Å². The fourth-order valence-corrected chi connectivity index (χ4v) is 2.55. The molecule has 3 nitrogen and oxygen atoms in total. The summed E-state index contributed by atoms with van der Waals surface area (Å²) in [7, 11) is 0. The van der Waals surface area contributed by atoms with Crippen molar-refractivity contribution in [1.29, 1.82) is 0 Å². The van der Waals surface area contributed by atoms with Crippen molar-refractivity contribution in [1.82, 2.24) is 9.97 Å². The molecule has 1 aromatic heterocycles. The Morgan fingerprint density at radius 2 is 2.00 bits per heavy atom. The van der Waals surface area contributed by atoms with Gasteiger partial charge in [-0.05, 0) is 42.4 Å². The molecule has 2 rings (SSSR count). The van der Waals surface area contributed by atoms with Crippen LogP contribution < -0.4 is 5.73 Å². The largest absolute Gasteiger partial charge is 0.324 e. The van der Waals surface area contributed by atoms with E-state index in [1.165, 1.54) is 11.8 Å². The first-order valence-corrected chi connectivity index (χ1v) is 6.36. The number of halogens is 1. The number of rotatable bonds is 3. The smallest absolute Gasteiger partial charge is 0.192 e. The molecule has 0 bridgehead atoms. The molecule has 0 fully saturated rings. The van der Waals surface area contributed by atoms with E-state index in [-0.39, 0.29) is 6.04 Å². The Morgan fingerprint density at radius 1 is 1.29 bits per heavy atom. The van der Waals surface area contributed by atoms with Crippen LogP contribution in [0.3, 0.4) is 0 Å². The number of aromatic nitrogens is 2. The summed E-state index contributed by atoms with van der Waals surface area (Å²) in [6, 6.07) is 7.54. The lowest BCUT2D eigenvalue weighted by Crippen LogP contribution is -2.05. The topological polar surface area (TPSA) is 51.8 Å². The van der Waals surface area contributed by atoms with Crippen molar-refractivity contribution in [3.05, 3.63) is 47.2 Å². The van der Waals surface area contributed by atoms with Gasteiger partial charge in [0.2, 0.25) is 0 Å². The summed E-state index contributed by atoms with van der Waals surface area (Å²) in [5, 5.41) is 1.39. The van der Waals surface area contributed by atoms with Gasteiger partial charge in [-0.3, -0.25) is 0 Å². The van der Waals surface area contributed by atoms with Gasteiger partial charge in [-0.15, -0.1) is 0 Å². The average Bonchev–Trinajstić information content (AvgIpc) is 2.30. The van der Waals surface area contributed by atoms with E-state index in [1.54, 1.807) is 18.5 Å². The van der Waals surface area contributed by atoms with Gasteiger partial charge < -0.3 is 5.73 Å². The standard InChI is InChI=1S/C12H12ClN3S/c1-8(14)10-4-3-9(7-11(10)13)17-12-15-5-2-6-16-12/h2-8H,14H2,1H3. The van der Waals surface area contributed by atoms with Crippen molar-refractivity contribution in [2.24, 2.45) is 5.73 Å². The summed E-state index contributed by atoms with van der Waals surface area (Å²) in [4.78, 5) is 9.30. The van der Waals surface area contributed by atoms with E-state index >= 15 is 0 Å². The van der Waals surface area contributed by atoms with Crippen LogP contribution in [0.2, 0.25) is 5.02 Å². The highest BCUT2D eigenvalue weighted by Gasteiger charge is 2.07. The van der Waals surface area contributed by atoms with E-state index in [9.17, 15) is 0 Å². The van der Waals surface area contributed by atoms with Crippen LogP contribution in [0.4, 0.5) is 0 Å². The molecule has 5 heteroatoms. The molecule has 0 aliphatic carbocycles. The van der Waals surface area contributed by atoms with Crippen LogP contribution in [0.1, 0.15) is 18.5 Å². The van der Waals surface area contributed by atoms with Crippen LogP contribution in [0.25, 0.3) is 0 Å². The van der Waals surface area contributed by atoms with Crippen LogP contribution in [0, 0.1) is 0 Å². The van der Waals surface area contributed by atoms with Crippen molar-refractivity contribution >= 4 is 23.4 Å². The van der Waals surface area contributed by atoms with Crippen LogP contribution in [-0.4, -0.2) is 9.97 Å². The van der Waals surface area contributed by atoms with Gasteiger partial charge in [-0.1, -0.05) is 17.7 Å². The number of nitrogens with zero attached hydrogens (tertiary/aromatic N) is 2. The van der Waals surface area contributed by atoms with Crippen molar-refractivity contribution in [3.8, 4) is 0 Å². The van der Waals surface area contributed by atoms with Crippen molar-refractivity contribution in [2.45, 2.75) is 23.0 Å². The lowest BCUT2D eigenvalue weighted by atomic mass is 10.1. The number of hydrogen-bond donors (Lipinski definition) is 1.